The largest absolute Gasteiger partial charge is 0.497 e. The van der Waals surface area contributed by atoms with E-state index in [1.54, 1.807) is 44.2 Å². The van der Waals surface area contributed by atoms with Crippen LogP contribution in [0.2, 0.25) is 0 Å². The fraction of sp³-hybridized carbons (Fsp3) is 0.611. The summed E-state index contributed by atoms with van der Waals surface area (Å²) in [4.78, 5) is 4.60. The number of benzene rings is 1. The molecule has 26 heavy (non-hydrogen) atoms. The quantitative estimate of drug-likeness (QED) is 0.277. The Morgan fingerprint density at radius 1 is 1.19 bits per heavy atom. The maximum absolute atomic E-state index is 10.5. The normalized spacial score (nSPS) is 12.8. The van der Waals surface area contributed by atoms with Gasteiger partial charge in [-0.1, -0.05) is 0 Å². The van der Waals surface area contributed by atoms with Gasteiger partial charge in [0.05, 0.1) is 26.9 Å². The van der Waals surface area contributed by atoms with E-state index >= 15 is 0 Å². The first-order valence-corrected chi connectivity index (χ1v) is 9.56. The Kier molecular flexibility index (Phi) is 12.1. The van der Waals surface area contributed by atoms with Gasteiger partial charge in [0.15, 0.2) is 5.96 Å². The highest BCUT2D eigenvalue weighted by atomic mass is 127. The third-order valence-electron chi connectivity index (χ3n) is 3.74. The van der Waals surface area contributed by atoms with Gasteiger partial charge in [-0.2, -0.15) is 11.8 Å². The van der Waals surface area contributed by atoms with Crippen molar-refractivity contribution in [3.8, 4) is 11.5 Å². The molecule has 1 unspecified atom stereocenters. The van der Waals surface area contributed by atoms with Crippen molar-refractivity contribution in [2.75, 3.05) is 40.1 Å². The summed E-state index contributed by atoms with van der Waals surface area (Å²) in [5.41, 5.74) is 0.726. The second-order valence-electron chi connectivity index (χ2n) is 6.20. The smallest absolute Gasteiger partial charge is 0.191 e. The first-order chi connectivity index (χ1) is 11.8. The van der Waals surface area contributed by atoms with E-state index in [0.29, 0.717) is 30.5 Å². The number of methoxy groups -OCH3 is 2. The summed E-state index contributed by atoms with van der Waals surface area (Å²) in [6.07, 6.45) is 1.37. The predicted octanol–water partition coefficient (Wildman–Crippen LogP) is 3.05. The van der Waals surface area contributed by atoms with Crippen molar-refractivity contribution in [3.63, 3.8) is 0 Å². The lowest BCUT2D eigenvalue weighted by Crippen LogP contribution is -2.40. The van der Waals surface area contributed by atoms with E-state index < -0.39 is 6.10 Å². The molecule has 0 saturated carbocycles. The molecule has 1 aromatic carbocycles. The molecule has 0 amide bonds. The monoisotopic (exact) mass is 497 g/mol. The van der Waals surface area contributed by atoms with Crippen molar-refractivity contribution >= 4 is 41.7 Å². The molecular weight excluding hydrogens is 465 g/mol. The van der Waals surface area contributed by atoms with E-state index in [4.69, 9.17) is 9.47 Å². The fourth-order valence-corrected chi connectivity index (χ4v) is 2.20. The Morgan fingerprint density at radius 3 is 2.23 bits per heavy atom. The standard InChI is InChI=1S/C18H31N3O3S.HI/c1-7-19-17(21-12-18(2,3)25-6)20-11-16(22)13-8-14(23-4)10-15(9-13)24-5;/h8-10,16,22H,7,11-12H2,1-6H3,(H2,19,20,21);1H. The van der Waals surface area contributed by atoms with Gasteiger partial charge in [0, 0.05) is 23.9 Å². The van der Waals surface area contributed by atoms with Crippen LogP contribution in [0.5, 0.6) is 11.5 Å². The average molecular weight is 497 g/mol. The summed E-state index contributed by atoms with van der Waals surface area (Å²) < 4.78 is 10.6. The molecule has 0 aliphatic rings. The van der Waals surface area contributed by atoms with E-state index in [9.17, 15) is 5.11 Å². The van der Waals surface area contributed by atoms with Gasteiger partial charge in [0.2, 0.25) is 0 Å². The molecule has 0 aliphatic heterocycles. The van der Waals surface area contributed by atoms with E-state index in [2.05, 4.69) is 35.7 Å². The van der Waals surface area contributed by atoms with Gasteiger partial charge in [-0.15, -0.1) is 24.0 Å². The van der Waals surface area contributed by atoms with Gasteiger partial charge < -0.3 is 25.2 Å². The second-order valence-corrected chi connectivity index (χ2v) is 7.72. The number of nitrogens with zero attached hydrogens (tertiary/aromatic N) is 1. The number of hydrogen-bond donors (Lipinski definition) is 3. The van der Waals surface area contributed by atoms with Gasteiger partial charge in [0.25, 0.3) is 0 Å². The molecule has 0 aliphatic carbocycles. The SMILES string of the molecule is CCNC(=NCC(C)(C)SC)NCC(O)c1cc(OC)cc(OC)c1.I. The number of aliphatic imine (C=N–C) groups is 1. The van der Waals surface area contributed by atoms with Crippen LogP contribution < -0.4 is 20.1 Å². The molecule has 0 spiro atoms. The second kappa shape index (κ2) is 12.5. The lowest BCUT2D eigenvalue weighted by Gasteiger charge is -2.21. The molecule has 8 heteroatoms. The molecule has 0 heterocycles. The number of thioether (sulfide) groups is 1. The number of ether oxygens (including phenoxy) is 2. The third-order valence-corrected chi connectivity index (χ3v) is 4.97. The fourth-order valence-electron chi connectivity index (χ4n) is 2.01. The molecule has 0 aromatic heterocycles. The van der Waals surface area contributed by atoms with Gasteiger partial charge in [-0.25, -0.2) is 0 Å². The highest BCUT2D eigenvalue weighted by Crippen LogP contribution is 2.26. The number of guanidine groups is 1. The number of halogens is 1. The lowest BCUT2D eigenvalue weighted by molar-refractivity contribution is 0.180. The summed E-state index contributed by atoms with van der Waals surface area (Å²) >= 11 is 1.78. The average Bonchev–Trinajstić information content (AvgIpc) is 2.63. The van der Waals surface area contributed by atoms with Crippen molar-refractivity contribution in [1.82, 2.24) is 10.6 Å². The molecule has 0 saturated heterocycles. The summed E-state index contributed by atoms with van der Waals surface area (Å²) in [7, 11) is 3.18. The van der Waals surface area contributed by atoms with Gasteiger partial charge in [-0.05, 0) is 44.7 Å². The first kappa shape index (κ1) is 25.1. The van der Waals surface area contributed by atoms with Crippen LogP contribution in [0.25, 0.3) is 0 Å². The summed E-state index contributed by atoms with van der Waals surface area (Å²) in [6.45, 7) is 8.10. The zero-order valence-electron chi connectivity index (χ0n) is 16.5. The number of nitrogens with one attached hydrogen (secondary N) is 2. The molecular formula is C18H32IN3O3S. The number of hydrogen-bond acceptors (Lipinski definition) is 5. The van der Waals surface area contributed by atoms with E-state index in [1.807, 2.05) is 6.92 Å². The lowest BCUT2D eigenvalue weighted by atomic mass is 10.1. The Hall–Kier alpha value is -0.870. The maximum atomic E-state index is 10.5. The van der Waals surface area contributed by atoms with Gasteiger partial charge >= 0.3 is 0 Å². The van der Waals surface area contributed by atoms with Crippen molar-refractivity contribution in [2.24, 2.45) is 4.99 Å². The van der Waals surface area contributed by atoms with E-state index in [0.717, 1.165) is 12.1 Å². The van der Waals surface area contributed by atoms with Gasteiger partial charge in [0.1, 0.15) is 11.5 Å². The Labute approximate surface area is 178 Å². The third kappa shape index (κ3) is 8.68. The van der Waals surface area contributed by atoms with Crippen LogP contribution in [-0.4, -0.2) is 55.9 Å². The van der Waals surface area contributed by atoms with Crippen molar-refractivity contribution in [1.29, 1.82) is 0 Å². The zero-order chi connectivity index (χ0) is 18.9. The zero-order valence-corrected chi connectivity index (χ0v) is 19.6. The predicted molar refractivity (Wildman–Crippen MR) is 121 cm³/mol. The maximum Gasteiger partial charge on any atom is 0.191 e. The van der Waals surface area contributed by atoms with Crippen LogP contribution in [0.1, 0.15) is 32.4 Å². The molecule has 1 aromatic rings. The molecule has 150 valence electrons. The Bertz CT molecular complexity index is 548. The van der Waals surface area contributed by atoms with Crippen LogP contribution in [0.3, 0.4) is 0 Å². The molecule has 0 bridgehead atoms. The summed E-state index contributed by atoms with van der Waals surface area (Å²) in [6, 6.07) is 5.38. The van der Waals surface area contributed by atoms with Crippen LogP contribution >= 0.6 is 35.7 Å². The summed E-state index contributed by atoms with van der Waals surface area (Å²) in [5, 5.41) is 16.9. The van der Waals surface area contributed by atoms with Gasteiger partial charge in [-0.3, -0.25) is 4.99 Å². The minimum atomic E-state index is -0.707. The molecule has 0 fully saturated rings. The van der Waals surface area contributed by atoms with Crippen LogP contribution in [-0.2, 0) is 0 Å². The van der Waals surface area contributed by atoms with E-state index in [1.165, 1.54) is 0 Å². The molecule has 6 nitrogen and oxygen atoms in total. The first-order valence-electron chi connectivity index (χ1n) is 8.33. The van der Waals surface area contributed by atoms with Crippen molar-refractivity contribution in [2.45, 2.75) is 31.6 Å². The Morgan fingerprint density at radius 2 is 1.77 bits per heavy atom. The molecule has 1 rings (SSSR count). The topological polar surface area (TPSA) is 75.1 Å². The Balaban J connectivity index is 0.00000625. The van der Waals surface area contributed by atoms with Crippen LogP contribution in [0.4, 0.5) is 0 Å². The minimum absolute atomic E-state index is 0. The number of aliphatic hydroxyl groups excluding tert-OH is 1. The number of rotatable bonds is 9. The molecule has 3 N–H and O–H groups in total. The van der Waals surface area contributed by atoms with Crippen molar-refractivity contribution in [3.05, 3.63) is 23.8 Å². The van der Waals surface area contributed by atoms with E-state index in [-0.39, 0.29) is 28.7 Å². The minimum Gasteiger partial charge on any atom is -0.497 e. The highest BCUT2D eigenvalue weighted by molar-refractivity contribution is 14.0. The molecule has 0 radical (unpaired) electrons. The summed E-state index contributed by atoms with van der Waals surface area (Å²) in [5.74, 6) is 1.99. The van der Waals surface area contributed by atoms with Crippen LogP contribution in [0, 0.1) is 0 Å². The number of aliphatic hydroxyl groups is 1. The van der Waals surface area contributed by atoms with Crippen molar-refractivity contribution < 1.29 is 14.6 Å². The molecule has 1 atom stereocenters. The highest BCUT2D eigenvalue weighted by Gasteiger charge is 2.16. The van der Waals surface area contributed by atoms with Crippen LogP contribution in [0.15, 0.2) is 23.2 Å².